The molecule has 5 heteroatoms. The van der Waals surface area contributed by atoms with Gasteiger partial charge in [0.25, 0.3) is 0 Å². The van der Waals surface area contributed by atoms with Crippen LogP contribution in [-0.2, 0) is 0 Å². The third-order valence-electron chi connectivity index (χ3n) is 2.99. The Labute approximate surface area is 114 Å². The molecule has 0 amide bonds. The highest BCUT2D eigenvalue weighted by Crippen LogP contribution is 2.29. The molecule has 20 heavy (non-hydrogen) atoms. The summed E-state index contributed by atoms with van der Waals surface area (Å²) in [6.45, 7) is 2.05. The Morgan fingerprint density at radius 2 is 1.45 bits per heavy atom. The van der Waals surface area contributed by atoms with E-state index in [9.17, 15) is 17.6 Å². The molecular formula is C15H13F4N. The number of halogens is 4. The molecule has 0 fully saturated rings. The molecule has 0 heterocycles. The lowest BCUT2D eigenvalue weighted by Crippen LogP contribution is -2.25. The van der Waals surface area contributed by atoms with E-state index >= 15 is 0 Å². The minimum absolute atomic E-state index is 0.129. The summed E-state index contributed by atoms with van der Waals surface area (Å²) < 4.78 is 54.9. The predicted molar refractivity (Wildman–Crippen MR) is 68.2 cm³/mol. The summed E-state index contributed by atoms with van der Waals surface area (Å²) in [5, 5.41) is 2.78. The predicted octanol–water partition coefficient (Wildman–Crippen LogP) is 3.94. The van der Waals surface area contributed by atoms with Crippen molar-refractivity contribution in [2.45, 2.75) is 13.0 Å². The SMILES string of the molecule is CCNC(c1cccc(F)c1F)c1c(F)cccc1F. The lowest BCUT2D eigenvalue weighted by atomic mass is 9.97. The first kappa shape index (κ1) is 14.5. The molecule has 0 spiro atoms. The van der Waals surface area contributed by atoms with Gasteiger partial charge in [-0.25, -0.2) is 17.6 Å². The van der Waals surface area contributed by atoms with Crippen molar-refractivity contribution in [1.82, 2.24) is 5.32 Å². The summed E-state index contributed by atoms with van der Waals surface area (Å²) in [5.41, 5.74) is -0.449. The summed E-state index contributed by atoms with van der Waals surface area (Å²) in [4.78, 5) is 0. The quantitative estimate of drug-likeness (QED) is 0.838. The van der Waals surface area contributed by atoms with E-state index in [1.54, 1.807) is 6.92 Å². The van der Waals surface area contributed by atoms with Crippen molar-refractivity contribution in [1.29, 1.82) is 0 Å². The Balaban J connectivity index is 2.60. The van der Waals surface area contributed by atoms with Crippen molar-refractivity contribution in [3.63, 3.8) is 0 Å². The van der Waals surface area contributed by atoms with Crippen LogP contribution >= 0.6 is 0 Å². The highest BCUT2D eigenvalue weighted by Gasteiger charge is 2.24. The van der Waals surface area contributed by atoms with Crippen molar-refractivity contribution in [3.8, 4) is 0 Å². The molecule has 0 aromatic heterocycles. The Bertz CT molecular complexity index is 593. The minimum atomic E-state index is -1.11. The van der Waals surface area contributed by atoms with Crippen molar-refractivity contribution >= 4 is 0 Å². The molecule has 1 nitrogen and oxygen atoms in total. The van der Waals surface area contributed by atoms with Crippen LogP contribution in [0.25, 0.3) is 0 Å². The molecule has 2 rings (SSSR count). The van der Waals surface area contributed by atoms with Gasteiger partial charge in [0.1, 0.15) is 11.6 Å². The van der Waals surface area contributed by atoms with Gasteiger partial charge in [-0.3, -0.25) is 0 Å². The fourth-order valence-electron chi connectivity index (χ4n) is 2.10. The van der Waals surface area contributed by atoms with Gasteiger partial charge < -0.3 is 5.32 Å². The van der Waals surface area contributed by atoms with Crippen molar-refractivity contribution < 1.29 is 17.6 Å². The van der Waals surface area contributed by atoms with Crippen LogP contribution in [0.4, 0.5) is 17.6 Å². The van der Waals surface area contributed by atoms with Gasteiger partial charge in [0, 0.05) is 11.1 Å². The van der Waals surface area contributed by atoms with Gasteiger partial charge >= 0.3 is 0 Å². The number of hydrogen-bond donors (Lipinski definition) is 1. The molecule has 1 atom stereocenters. The second-order valence-electron chi connectivity index (χ2n) is 4.27. The molecule has 0 aliphatic rings. The van der Waals surface area contributed by atoms with E-state index in [4.69, 9.17) is 0 Å². The average molecular weight is 283 g/mol. The van der Waals surface area contributed by atoms with E-state index in [1.165, 1.54) is 18.2 Å². The zero-order valence-corrected chi connectivity index (χ0v) is 10.8. The van der Waals surface area contributed by atoms with Crippen molar-refractivity contribution in [2.24, 2.45) is 0 Å². The highest BCUT2D eigenvalue weighted by atomic mass is 19.2. The van der Waals surface area contributed by atoms with E-state index < -0.39 is 29.3 Å². The molecule has 0 saturated carbocycles. The van der Waals surface area contributed by atoms with E-state index in [-0.39, 0.29) is 11.1 Å². The normalized spacial score (nSPS) is 12.4. The van der Waals surface area contributed by atoms with Gasteiger partial charge in [-0.1, -0.05) is 25.1 Å². The first-order valence-corrected chi connectivity index (χ1v) is 6.17. The van der Waals surface area contributed by atoms with E-state index in [1.807, 2.05) is 0 Å². The van der Waals surface area contributed by atoms with Crippen LogP contribution in [0.2, 0.25) is 0 Å². The largest absolute Gasteiger partial charge is 0.306 e. The maximum atomic E-state index is 13.9. The molecule has 0 saturated heterocycles. The molecule has 0 bridgehead atoms. The Hall–Kier alpha value is -1.88. The Morgan fingerprint density at radius 1 is 0.900 bits per heavy atom. The van der Waals surface area contributed by atoms with Crippen LogP contribution in [-0.4, -0.2) is 6.54 Å². The Morgan fingerprint density at radius 3 is 2.05 bits per heavy atom. The van der Waals surface area contributed by atoms with E-state index in [0.29, 0.717) is 6.54 Å². The molecule has 0 radical (unpaired) electrons. The number of hydrogen-bond acceptors (Lipinski definition) is 1. The fourth-order valence-corrected chi connectivity index (χ4v) is 2.10. The molecule has 106 valence electrons. The minimum Gasteiger partial charge on any atom is -0.306 e. The maximum Gasteiger partial charge on any atom is 0.163 e. The molecule has 2 aromatic carbocycles. The zero-order valence-electron chi connectivity index (χ0n) is 10.8. The summed E-state index contributed by atoms with van der Waals surface area (Å²) in [6, 6.07) is 5.87. The monoisotopic (exact) mass is 283 g/mol. The zero-order chi connectivity index (χ0) is 14.7. The molecular weight excluding hydrogens is 270 g/mol. The molecule has 0 aliphatic heterocycles. The summed E-state index contributed by atoms with van der Waals surface area (Å²) in [5.74, 6) is -3.78. The first-order chi connectivity index (χ1) is 9.56. The third-order valence-corrected chi connectivity index (χ3v) is 2.99. The van der Waals surface area contributed by atoms with Crippen LogP contribution in [0, 0.1) is 23.3 Å². The fraction of sp³-hybridized carbons (Fsp3) is 0.200. The second kappa shape index (κ2) is 6.05. The first-order valence-electron chi connectivity index (χ1n) is 6.17. The molecule has 1 unspecified atom stereocenters. The number of nitrogens with one attached hydrogen (secondary N) is 1. The van der Waals surface area contributed by atoms with Crippen molar-refractivity contribution in [3.05, 3.63) is 70.8 Å². The lowest BCUT2D eigenvalue weighted by Gasteiger charge is -2.20. The third kappa shape index (κ3) is 2.67. The van der Waals surface area contributed by atoms with Gasteiger partial charge in [-0.2, -0.15) is 0 Å². The number of benzene rings is 2. The van der Waals surface area contributed by atoms with Crippen LogP contribution in [0.3, 0.4) is 0 Å². The average Bonchev–Trinajstić information content (AvgIpc) is 2.41. The van der Waals surface area contributed by atoms with Gasteiger partial charge in [-0.15, -0.1) is 0 Å². The summed E-state index contributed by atoms with van der Waals surface area (Å²) >= 11 is 0. The highest BCUT2D eigenvalue weighted by molar-refractivity contribution is 5.35. The van der Waals surface area contributed by atoms with Crippen LogP contribution in [0.5, 0.6) is 0 Å². The van der Waals surface area contributed by atoms with Crippen LogP contribution in [0.15, 0.2) is 36.4 Å². The van der Waals surface area contributed by atoms with Gasteiger partial charge in [0.2, 0.25) is 0 Å². The van der Waals surface area contributed by atoms with Gasteiger partial charge in [-0.05, 0) is 24.7 Å². The van der Waals surface area contributed by atoms with Crippen LogP contribution in [0.1, 0.15) is 24.1 Å². The van der Waals surface area contributed by atoms with Gasteiger partial charge in [0.05, 0.1) is 6.04 Å². The van der Waals surface area contributed by atoms with Crippen molar-refractivity contribution in [2.75, 3.05) is 6.54 Å². The topological polar surface area (TPSA) is 12.0 Å². The molecule has 0 aliphatic carbocycles. The standard InChI is InChI=1S/C15H13F4N/c1-2-20-15(9-5-3-8-12(18)14(9)19)13-10(16)6-4-7-11(13)17/h3-8,15,20H,2H2,1H3. The summed E-state index contributed by atoms with van der Waals surface area (Å²) in [7, 11) is 0. The Kier molecular flexibility index (Phi) is 4.39. The smallest absolute Gasteiger partial charge is 0.163 e. The van der Waals surface area contributed by atoms with Crippen LogP contribution < -0.4 is 5.32 Å². The number of rotatable bonds is 4. The van der Waals surface area contributed by atoms with E-state index in [2.05, 4.69) is 5.32 Å². The maximum absolute atomic E-state index is 13.9. The lowest BCUT2D eigenvalue weighted by molar-refractivity contribution is 0.466. The van der Waals surface area contributed by atoms with E-state index in [0.717, 1.165) is 18.2 Å². The molecule has 2 aromatic rings. The van der Waals surface area contributed by atoms with Gasteiger partial charge in [0.15, 0.2) is 11.6 Å². The second-order valence-corrected chi connectivity index (χ2v) is 4.27. The molecule has 1 N–H and O–H groups in total. The summed E-state index contributed by atoms with van der Waals surface area (Å²) in [6.07, 6.45) is 0.